The molecule has 1 aromatic heterocycles. The molecule has 2 fully saturated rings. The molecule has 3 heterocycles. The zero-order chi connectivity index (χ0) is 17.8. The second-order valence-corrected chi connectivity index (χ2v) is 6.75. The summed E-state index contributed by atoms with van der Waals surface area (Å²) < 4.78 is 0. The van der Waals surface area contributed by atoms with Crippen LogP contribution in [0.25, 0.3) is 0 Å². The van der Waals surface area contributed by atoms with Crippen LogP contribution in [0.2, 0.25) is 0 Å². The largest absolute Gasteiger partial charge is 0.396 e. The number of aliphatic hydroxyl groups is 1. The molecule has 2 aliphatic heterocycles. The monoisotopic (exact) mass is 346 g/mol. The number of likely N-dealkylation sites (tertiary alicyclic amines) is 2. The van der Waals surface area contributed by atoms with E-state index in [0.29, 0.717) is 49.8 Å². The summed E-state index contributed by atoms with van der Waals surface area (Å²) in [4.78, 5) is 33.0. The maximum Gasteiger partial charge on any atom is 0.254 e. The van der Waals surface area contributed by atoms with Crippen LogP contribution in [-0.4, -0.2) is 71.0 Å². The van der Waals surface area contributed by atoms with Crippen LogP contribution in [0.15, 0.2) is 18.3 Å². The van der Waals surface area contributed by atoms with Crippen molar-refractivity contribution in [3.8, 4) is 0 Å². The number of pyridine rings is 1. The Morgan fingerprint density at radius 3 is 3.04 bits per heavy atom. The summed E-state index contributed by atoms with van der Waals surface area (Å²) in [5.41, 5.74) is 0.641. The Hall–Kier alpha value is -2.15. The summed E-state index contributed by atoms with van der Waals surface area (Å²) >= 11 is 0. The molecule has 2 N–H and O–H groups in total. The van der Waals surface area contributed by atoms with Crippen LogP contribution in [0.1, 0.15) is 36.0 Å². The maximum absolute atomic E-state index is 12.8. The lowest BCUT2D eigenvalue weighted by Crippen LogP contribution is -2.57. The van der Waals surface area contributed by atoms with Gasteiger partial charge in [0.15, 0.2) is 0 Å². The van der Waals surface area contributed by atoms with E-state index in [1.165, 1.54) is 0 Å². The number of hydrogen-bond acceptors (Lipinski definition) is 5. The Morgan fingerprint density at radius 2 is 2.28 bits per heavy atom. The van der Waals surface area contributed by atoms with Gasteiger partial charge in [-0.15, -0.1) is 0 Å². The second kappa shape index (κ2) is 7.82. The number of nitrogens with zero attached hydrogens (tertiary/aromatic N) is 3. The molecule has 0 bridgehead atoms. The van der Waals surface area contributed by atoms with Crippen molar-refractivity contribution in [1.29, 1.82) is 0 Å². The molecule has 7 heteroatoms. The van der Waals surface area contributed by atoms with Crippen molar-refractivity contribution < 1.29 is 14.7 Å². The number of anilines is 1. The van der Waals surface area contributed by atoms with Gasteiger partial charge in [0.2, 0.25) is 5.91 Å². The van der Waals surface area contributed by atoms with Gasteiger partial charge in [-0.2, -0.15) is 0 Å². The lowest BCUT2D eigenvalue weighted by molar-refractivity contribution is -0.140. The fraction of sp³-hybridized carbons (Fsp3) is 0.611. The van der Waals surface area contributed by atoms with Crippen molar-refractivity contribution in [1.82, 2.24) is 14.8 Å². The van der Waals surface area contributed by atoms with Crippen molar-refractivity contribution >= 4 is 17.6 Å². The lowest BCUT2D eigenvalue weighted by Gasteiger charge is -2.47. The summed E-state index contributed by atoms with van der Waals surface area (Å²) in [6.45, 7) is 2.05. The number of piperidine rings is 2. The number of aromatic nitrogens is 1. The quantitative estimate of drug-likeness (QED) is 0.829. The number of hydrogen-bond donors (Lipinski definition) is 2. The maximum atomic E-state index is 12.8. The van der Waals surface area contributed by atoms with Crippen molar-refractivity contribution in [3.63, 3.8) is 0 Å². The van der Waals surface area contributed by atoms with E-state index < -0.39 is 0 Å². The number of amides is 2. The van der Waals surface area contributed by atoms with Gasteiger partial charge in [0.25, 0.3) is 5.91 Å². The fourth-order valence-electron chi connectivity index (χ4n) is 3.95. The van der Waals surface area contributed by atoms with Crippen LogP contribution in [0.5, 0.6) is 0 Å². The molecule has 0 saturated carbocycles. The molecular formula is C18H26N4O3. The standard InChI is InChI=1S/C18H26N4O3/c1-19-16-11-13(5-7-20-16)18(25)21-9-6-15-14(12-21)3-4-17(24)22(15)8-2-10-23/h5,7,11,14-15,23H,2-4,6,8-10,12H2,1H3,(H,19,20)/t14-,15+/m0/s1. The summed E-state index contributed by atoms with van der Waals surface area (Å²) in [6, 6.07) is 3.71. The highest BCUT2D eigenvalue weighted by atomic mass is 16.3. The summed E-state index contributed by atoms with van der Waals surface area (Å²) in [5, 5.41) is 12.0. The van der Waals surface area contributed by atoms with E-state index in [1.54, 1.807) is 25.4 Å². The predicted molar refractivity (Wildman–Crippen MR) is 94.2 cm³/mol. The number of fused-ring (bicyclic) bond motifs is 1. The molecule has 2 amide bonds. The Bertz CT molecular complexity index is 637. The Kier molecular flexibility index (Phi) is 5.53. The number of carbonyl (C=O) groups is 2. The van der Waals surface area contributed by atoms with Gasteiger partial charge in [-0.3, -0.25) is 9.59 Å². The summed E-state index contributed by atoms with van der Waals surface area (Å²) in [5.74, 6) is 1.21. The smallest absolute Gasteiger partial charge is 0.254 e. The first-order valence-electron chi connectivity index (χ1n) is 8.97. The number of aliphatic hydroxyl groups excluding tert-OH is 1. The van der Waals surface area contributed by atoms with E-state index in [2.05, 4.69) is 10.3 Å². The highest BCUT2D eigenvalue weighted by Crippen LogP contribution is 2.32. The van der Waals surface area contributed by atoms with Crippen LogP contribution in [0.4, 0.5) is 5.82 Å². The lowest BCUT2D eigenvalue weighted by atomic mass is 9.83. The highest BCUT2D eigenvalue weighted by molar-refractivity contribution is 5.95. The van der Waals surface area contributed by atoms with Crippen LogP contribution < -0.4 is 5.32 Å². The average molecular weight is 346 g/mol. The van der Waals surface area contributed by atoms with E-state index >= 15 is 0 Å². The normalized spacial score (nSPS) is 23.4. The first-order chi connectivity index (χ1) is 12.1. The Labute approximate surface area is 148 Å². The Balaban J connectivity index is 1.68. The third-order valence-corrected chi connectivity index (χ3v) is 5.25. The molecule has 0 unspecified atom stereocenters. The van der Waals surface area contributed by atoms with Gasteiger partial charge in [-0.1, -0.05) is 0 Å². The fourth-order valence-corrected chi connectivity index (χ4v) is 3.95. The number of nitrogens with one attached hydrogen (secondary N) is 1. The molecule has 2 saturated heterocycles. The number of rotatable bonds is 5. The molecule has 1 aromatic rings. The second-order valence-electron chi connectivity index (χ2n) is 6.75. The molecule has 3 rings (SSSR count). The third-order valence-electron chi connectivity index (χ3n) is 5.25. The van der Waals surface area contributed by atoms with Gasteiger partial charge in [-0.05, 0) is 37.3 Å². The van der Waals surface area contributed by atoms with Crippen LogP contribution in [0, 0.1) is 5.92 Å². The zero-order valence-corrected chi connectivity index (χ0v) is 14.6. The first kappa shape index (κ1) is 17.7. The SMILES string of the molecule is CNc1cc(C(=O)N2CC[C@@H]3[C@@H](CCC(=O)N3CCCO)C2)ccn1. The van der Waals surface area contributed by atoms with E-state index in [4.69, 9.17) is 5.11 Å². The van der Waals surface area contributed by atoms with Gasteiger partial charge in [0.05, 0.1) is 0 Å². The van der Waals surface area contributed by atoms with Crippen LogP contribution in [-0.2, 0) is 4.79 Å². The molecule has 0 aliphatic carbocycles. The average Bonchev–Trinajstić information content (AvgIpc) is 2.66. The van der Waals surface area contributed by atoms with Crippen molar-refractivity contribution in [2.75, 3.05) is 38.6 Å². The van der Waals surface area contributed by atoms with Crippen molar-refractivity contribution in [3.05, 3.63) is 23.9 Å². The molecule has 0 radical (unpaired) electrons. The molecule has 136 valence electrons. The highest BCUT2D eigenvalue weighted by Gasteiger charge is 2.40. The van der Waals surface area contributed by atoms with E-state index in [0.717, 1.165) is 12.8 Å². The molecule has 25 heavy (non-hydrogen) atoms. The molecule has 2 aliphatic rings. The van der Waals surface area contributed by atoms with Gasteiger partial charge in [-0.25, -0.2) is 4.98 Å². The van der Waals surface area contributed by atoms with Crippen LogP contribution >= 0.6 is 0 Å². The number of carbonyl (C=O) groups excluding carboxylic acids is 2. The third kappa shape index (κ3) is 3.76. The minimum absolute atomic E-state index is 0.0242. The van der Waals surface area contributed by atoms with Crippen LogP contribution in [0.3, 0.4) is 0 Å². The van der Waals surface area contributed by atoms with Gasteiger partial charge in [0, 0.05) is 57.5 Å². The van der Waals surface area contributed by atoms with E-state index in [-0.39, 0.29) is 24.5 Å². The topological polar surface area (TPSA) is 85.8 Å². The molecule has 0 spiro atoms. The summed E-state index contributed by atoms with van der Waals surface area (Å²) in [6.07, 6.45) is 4.43. The van der Waals surface area contributed by atoms with E-state index in [1.807, 2.05) is 9.80 Å². The minimum Gasteiger partial charge on any atom is -0.396 e. The van der Waals surface area contributed by atoms with Gasteiger partial charge >= 0.3 is 0 Å². The zero-order valence-electron chi connectivity index (χ0n) is 14.6. The molecule has 2 atom stereocenters. The summed E-state index contributed by atoms with van der Waals surface area (Å²) in [7, 11) is 1.78. The van der Waals surface area contributed by atoms with Gasteiger partial charge < -0.3 is 20.2 Å². The molecule has 7 nitrogen and oxygen atoms in total. The predicted octanol–water partition coefficient (Wildman–Crippen LogP) is 0.959. The minimum atomic E-state index is 0.0242. The molecule has 0 aromatic carbocycles. The first-order valence-corrected chi connectivity index (χ1v) is 8.97. The van der Waals surface area contributed by atoms with E-state index in [9.17, 15) is 9.59 Å². The van der Waals surface area contributed by atoms with Crippen molar-refractivity contribution in [2.45, 2.75) is 31.7 Å². The molecular weight excluding hydrogens is 320 g/mol. The van der Waals surface area contributed by atoms with Gasteiger partial charge in [0.1, 0.15) is 5.82 Å². The Morgan fingerprint density at radius 1 is 1.44 bits per heavy atom. The van der Waals surface area contributed by atoms with Crippen molar-refractivity contribution in [2.24, 2.45) is 5.92 Å².